The lowest BCUT2D eigenvalue weighted by Crippen LogP contribution is -2.48. The predicted molar refractivity (Wildman–Crippen MR) is 91.5 cm³/mol. The summed E-state index contributed by atoms with van der Waals surface area (Å²) in [7, 11) is -7.87. The van der Waals surface area contributed by atoms with Gasteiger partial charge in [-0.3, -0.25) is 18.9 Å². The van der Waals surface area contributed by atoms with Crippen LogP contribution < -0.4 is 10.6 Å². The Morgan fingerprint density at radius 3 is 1.17 bits per heavy atom. The molecule has 0 aromatic heterocycles. The standard InChI is InChI=1S/C8H18N2O6S2.C4H10N2/c11-17(12,13)7-5-9-1-2-10(4-3-9)6-8-18(14,15)16;1-2-6-4-3-5-1/h1-8H2,(H,11,12,13)(H,14,15,16);5-6H,1-4H2. The zero-order valence-corrected chi connectivity index (χ0v) is 15.4. The van der Waals surface area contributed by atoms with E-state index in [2.05, 4.69) is 10.6 Å². The third-order valence-corrected chi connectivity index (χ3v) is 5.15. The Labute approximate surface area is 144 Å². The van der Waals surface area contributed by atoms with Crippen molar-refractivity contribution in [3.05, 3.63) is 0 Å². The van der Waals surface area contributed by atoms with Crippen LogP contribution in [0.5, 0.6) is 0 Å². The maximum atomic E-state index is 10.6. The molecule has 12 heteroatoms. The number of rotatable bonds is 6. The summed E-state index contributed by atoms with van der Waals surface area (Å²) in [4.78, 5) is 3.77. The average molecular weight is 389 g/mol. The van der Waals surface area contributed by atoms with E-state index < -0.39 is 20.2 Å². The lowest BCUT2D eigenvalue weighted by atomic mass is 10.3. The summed E-state index contributed by atoms with van der Waals surface area (Å²) < 4.78 is 59.5. The molecule has 144 valence electrons. The van der Waals surface area contributed by atoms with Gasteiger partial charge in [0.2, 0.25) is 0 Å². The summed E-state index contributed by atoms with van der Waals surface area (Å²) in [5, 5.41) is 6.44. The number of nitrogens with zero attached hydrogens (tertiary/aromatic N) is 2. The Hall–Kier alpha value is -0.340. The van der Waals surface area contributed by atoms with Gasteiger partial charge in [0.25, 0.3) is 20.2 Å². The molecule has 0 atom stereocenters. The summed E-state index contributed by atoms with van der Waals surface area (Å²) in [6, 6.07) is 0. The van der Waals surface area contributed by atoms with Crippen molar-refractivity contribution in [1.29, 1.82) is 0 Å². The molecule has 2 rings (SSSR count). The molecule has 2 fully saturated rings. The minimum atomic E-state index is -3.93. The molecular formula is C12H28N4O6S2. The molecule has 24 heavy (non-hydrogen) atoms. The van der Waals surface area contributed by atoms with Crippen LogP contribution in [0, 0.1) is 0 Å². The Kier molecular flexibility index (Phi) is 9.59. The van der Waals surface area contributed by atoms with Crippen molar-refractivity contribution >= 4 is 20.2 Å². The molecule has 0 aromatic rings. The van der Waals surface area contributed by atoms with E-state index in [9.17, 15) is 16.8 Å². The van der Waals surface area contributed by atoms with Crippen molar-refractivity contribution < 1.29 is 25.9 Å². The molecule has 0 saturated carbocycles. The van der Waals surface area contributed by atoms with Gasteiger partial charge in [0.05, 0.1) is 11.5 Å². The van der Waals surface area contributed by atoms with Crippen LogP contribution in [0.25, 0.3) is 0 Å². The quantitative estimate of drug-likeness (QED) is 0.363. The average Bonchev–Trinajstić information content (AvgIpc) is 2.53. The molecule has 0 spiro atoms. The van der Waals surface area contributed by atoms with Crippen molar-refractivity contribution in [2.45, 2.75) is 0 Å². The van der Waals surface area contributed by atoms with Crippen LogP contribution in [-0.2, 0) is 20.2 Å². The first kappa shape index (κ1) is 21.7. The first-order valence-electron chi connectivity index (χ1n) is 7.92. The molecular weight excluding hydrogens is 360 g/mol. The van der Waals surface area contributed by atoms with Gasteiger partial charge in [0.15, 0.2) is 0 Å². The van der Waals surface area contributed by atoms with E-state index in [1.165, 1.54) is 0 Å². The molecule has 0 aliphatic carbocycles. The highest BCUT2D eigenvalue weighted by atomic mass is 32.2. The van der Waals surface area contributed by atoms with Crippen LogP contribution >= 0.6 is 0 Å². The fourth-order valence-electron chi connectivity index (χ4n) is 2.33. The number of hydrogen-bond acceptors (Lipinski definition) is 8. The van der Waals surface area contributed by atoms with Crippen LogP contribution in [0.15, 0.2) is 0 Å². The van der Waals surface area contributed by atoms with Gasteiger partial charge in [-0.15, -0.1) is 0 Å². The van der Waals surface area contributed by atoms with E-state index in [0.29, 0.717) is 26.2 Å². The van der Waals surface area contributed by atoms with Gasteiger partial charge < -0.3 is 10.6 Å². The highest BCUT2D eigenvalue weighted by Gasteiger charge is 2.19. The Morgan fingerprint density at radius 2 is 0.958 bits per heavy atom. The molecule has 10 nitrogen and oxygen atoms in total. The van der Waals surface area contributed by atoms with E-state index in [0.717, 1.165) is 26.2 Å². The molecule has 0 amide bonds. The van der Waals surface area contributed by atoms with Crippen molar-refractivity contribution in [2.75, 3.05) is 77.0 Å². The van der Waals surface area contributed by atoms with Gasteiger partial charge in [-0.05, 0) is 0 Å². The largest absolute Gasteiger partial charge is 0.314 e. The molecule has 0 unspecified atom stereocenters. The van der Waals surface area contributed by atoms with E-state index in [-0.39, 0.29) is 24.6 Å². The van der Waals surface area contributed by atoms with Gasteiger partial charge >= 0.3 is 0 Å². The minimum absolute atomic E-state index is 0.269. The van der Waals surface area contributed by atoms with E-state index in [1.54, 1.807) is 0 Å². The predicted octanol–water partition coefficient (Wildman–Crippen LogP) is -2.44. The third kappa shape index (κ3) is 12.1. The number of nitrogens with one attached hydrogen (secondary N) is 2. The summed E-state index contributed by atoms with van der Waals surface area (Å²) in [6.07, 6.45) is 0. The second-order valence-electron chi connectivity index (χ2n) is 5.76. The van der Waals surface area contributed by atoms with Crippen molar-refractivity contribution in [3.8, 4) is 0 Å². The summed E-state index contributed by atoms with van der Waals surface area (Å²) in [6.45, 7) is 7.54. The molecule has 0 radical (unpaired) electrons. The minimum Gasteiger partial charge on any atom is -0.314 e. The fraction of sp³-hybridized carbons (Fsp3) is 1.00. The van der Waals surface area contributed by atoms with Gasteiger partial charge in [-0.1, -0.05) is 0 Å². The lowest BCUT2D eigenvalue weighted by molar-refractivity contribution is 0.143. The van der Waals surface area contributed by atoms with E-state index >= 15 is 0 Å². The first-order valence-corrected chi connectivity index (χ1v) is 11.1. The molecule has 2 saturated heterocycles. The molecule has 2 aliphatic heterocycles. The highest BCUT2D eigenvalue weighted by molar-refractivity contribution is 7.86. The van der Waals surface area contributed by atoms with Crippen molar-refractivity contribution in [3.63, 3.8) is 0 Å². The van der Waals surface area contributed by atoms with Crippen molar-refractivity contribution in [2.24, 2.45) is 0 Å². The Balaban J connectivity index is 0.000000400. The van der Waals surface area contributed by atoms with E-state index in [1.807, 2.05) is 9.80 Å². The van der Waals surface area contributed by atoms with Gasteiger partial charge in [-0.25, -0.2) is 0 Å². The Morgan fingerprint density at radius 1 is 0.667 bits per heavy atom. The van der Waals surface area contributed by atoms with Crippen LogP contribution in [0.1, 0.15) is 0 Å². The van der Waals surface area contributed by atoms with Gasteiger partial charge in [-0.2, -0.15) is 16.8 Å². The van der Waals surface area contributed by atoms with Crippen LogP contribution in [0.4, 0.5) is 0 Å². The van der Waals surface area contributed by atoms with Crippen LogP contribution in [-0.4, -0.2) is 113 Å². The number of hydrogen-bond donors (Lipinski definition) is 4. The van der Waals surface area contributed by atoms with E-state index in [4.69, 9.17) is 9.11 Å². The smallest absolute Gasteiger partial charge is 0.266 e. The number of piperazine rings is 2. The normalized spacial score (nSPS) is 21.1. The first-order chi connectivity index (χ1) is 11.2. The topological polar surface area (TPSA) is 139 Å². The molecule has 0 aromatic carbocycles. The fourth-order valence-corrected chi connectivity index (χ4v) is 3.31. The van der Waals surface area contributed by atoms with Crippen LogP contribution in [0.3, 0.4) is 0 Å². The molecule has 0 bridgehead atoms. The SMILES string of the molecule is C1CNCCN1.O=S(=O)(O)CCN1CCN(CCS(=O)(=O)O)CC1. The Bertz CT molecular complexity index is 486. The highest BCUT2D eigenvalue weighted by Crippen LogP contribution is 2.02. The van der Waals surface area contributed by atoms with Crippen molar-refractivity contribution in [1.82, 2.24) is 20.4 Å². The maximum Gasteiger partial charge on any atom is 0.266 e. The lowest BCUT2D eigenvalue weighted by Gasteiger charge is -2.34. The zero-order chi connectivity index (χ0) is 18.1. The summed E-state index contributed by atoms with van der Waals surface area (Å²) >= 11 is 0. The monoisotopic (exact) mass is 388 g/mol. The zero-order valence-electron chi connectivity index (χ0n) is 13.7. The summed E-state index contributed by atoms with van der Waals surface area (Å²) in [5.74, 6) is -0.587. The van der Waals surface area contributed by atoms with Gasteiger partial charge in [0.1, 0.15) is 0 Å². The third-order valence-electron chi connectivity index (χ3n) is 3.75. The molecule has 2 aliphatic rings. The molecule has 4 N–H and O–H groups in total. The summed E-state index contributed by atoms with van der Waals surface area (Å²) in [5.41, 5.74) is 0. The van der Waals surface area contributed by atoms with Crippen LogP contribution in [0.2, 0.25) is 0 Å². The second-order valence-corrected chi connectivity index (χ2v) is 8.90. The maximum absolute atomic E-state index is 10.6. The molecule has 2 heterocycles. The second kappa shape index (κ2) is 10.6. The van der Waals surface area contributed by atoms with Gasteiger partial charge in [0, 0.05) is 65.4 Å².